The molecule has 0 spiro atoms. The molecule has 0 bridgehead atoms. The van der Waals surface area contributed by atoms with Gasteiger partial charge in [0.15, 0.2) is 0 Å². The van der Waals surface area contributed by atoms with Gasteiger partial charge in [-0.05, 0) is 59.8 Å². The Hall–Kier alpha value is -1.04. The van der Waals surface area contributed by atoms with Crippen molar-refractivity contribution < 1.29 is 0 Å². The van der Waals surface area contributed by atoms with E-state index < -0.39 is 0 Å². The highest BCUT2D eigenvalue weighted by molar-refractivity contribution is 5.65. The van der Waals surface area contributed by atoms with Crippen LogP contribution in [0.25, 0.3) is 6.08 Å². The van der Waals surface area contributed by atoms with Crippen molar-refractivity contribution >= 4 is 6.08 Å². The van der Waals surface area contributed by atoms with E-state index >= 15 is 0 Å². The number of fused-ring (bicyclic) bond motifs is 2. The van der Waals surface area contributed by atoms with Crippen LogP contribution >= 0.6 is 0 Å². The van der Waals surface area contributed by atoms with Gasteiger partial charge in [0.05, 0.1) is 0 Å². The van der Waals surface area contributed by atoms with Crippen molar-refractivity contribution in [3.8, 4) is 0 Å². The van der Waals surface area contributed by atoms with Crippen LogP contribution in [0.1, 0.15) is 107 Å². The monoisotopic (exact) mass is 324 g/mol. The predicted octanol–water partition coefficient (Wildman–Crippen LogP) is 7.45. The third-order valence-electron chi connectivity index (χ3n) is 6.81. The van der Waals surface area contributed by atoms with Crippen LogP contribution in [-0.4, -0.2) is 0 Å². The molecular formula is C24H36. The Balaban J connectivity index is 1.61. The average Bonchev–Trinajstić information content (AvgIpc) is 3.16. The highest BCUT2D eigenvalue weighted by atomic mass is 14.4. The molecule has 3 rings (SSSR count). The molecule has 0 aliphatic heterocycles. The Morgan fingerprint density at radius 3 is 2.25 bits per heavy atom. The standard InChI is InChI=1S/C24H36/c1-4-7-8-9-10-11-12-19-13-14-20-15-21-17-24(5-2,6-3)18-22(21)16-23(19)20/h13-16,19H,4-12,17-18H2,1-3H3. The summed E-state index contributed by atoms with van der Waals surface area (Å²) in [6.07, 6.45) is 19.9. The Bertz CT molecular complexity index is 574. The average molecular weight is 325 g/mol. The van der Waals surface area contributed by atoms with Gasteiger partial charge in [-0.15, -0.1) is 0 Å². The molecule has 24 heavy (non-hydrogen) atoms. The van der Waals surface area contributed by atoms with Crippen molar-refractivity contribution in [3.05, 3.63) is 40.5 Å². The Morgan fingerprint density at radius 2 is 1.54 bits per heavy atom. The smallest absolute Gasteiger partial charge is 0.00273 e. The second-order valence-electron chi connectivity index (χ2n) is 8.33. The van der Waals surface area contributed by atoms with Gasteiger partial charge in [-0.2, -0.15) is 0 Å². The van der Waals surface area contributed by atoms with E-state index in [0.717, 1.165) is 0 Å². The SMILES string of the molecule is CCCCCCCCC1C=Cc2cc3c(cc21)CC(CC)(CC)C3. The molecule has 0 heteroatoms. The first-order valence-corrected chi connectivity index (χ1v) is 10.5. The van der Waals surface area contributed by atoms with Gasteiger partial charge in [-0.25, -0.2) is 0 Å². The molecule has 0 saturated carbocycles. The van der Waals surface area contributed by atoms with Gasteiger partial charge in [0.1, 0.15) is 0 Å². The number of benzene rings is 1. The molecule has 1 aromatic carbocycles. The van der Waals surface area contributed by atoms with Gasteiger partial charge in [0.2, 0.25) is 0 Å². The van der Waals surface area contributed by atoms with E-state index in [-0.39, 0.29) is 0 Å². The van der Waals surface area contributed by atoms with Crippen LogP contribution in [-0.2, 0) is 12.8 Å². The molecule has 0 radical (unpaired) electrons. The molecule has 0 aromatic heterocycles. The molecular weight excluding hydrogens is 288 g/mol. The summed E-state index contributed by atoms with van der Waals surface area (Å²) in [4.78, 5) is 0. The van der Waals surface area contributed by atoms with Crippen LogP contribution in [0.2, 0.25) is 0 Å². The van der Waals surface area contributed by atoms with Crippen LogP contribution in [0.4, 0.5) is 0 Å². The summed E-state index contributed by atoms with van der Waals surface area (Å²) in [5.41, 5.74) is 7.00. The van der Waals surface area contributed by atoms with Gasteiger partial charge in [-0.3, -0.25) is 0 Å². The zero-order valence-electron chi connectivity index (χ0n) is 16.2. The van der Waals surface area contributed by atoms with E-state index in [1.807, 2.05) is 0 Å². The Morgan fingerprint density at radius 1 is 0.875 bits per heavy atom. The lowest BCUT2D eigenvalue weighted by Gasteiger charge is -2.25. The van der Waals surface area contributed by atoms with Crippen molar-refractivity contribution in [3.63, 3.8) is 0 Å². The van der Waals surface area contributed by atoms with E-state index in [2.05, 4.69) is 45.1 Å². The van der Waals surface area contributed by atoms with Gasteiger partial charge in [0, 0.05) is 5.92 Å². The molecule has 0 amide bonds. The number of hydrogen-bond acceptors (Lipinski definition) is 0. The summed E-state index contributed by atoms with van der Waals surface area (Å²) < 4.78 is 0. The predicted molar refractivity (Wildman–Crippen MR) is 107 cm³/mol. The molecule has 0 N–H and O–H groups in total. The molecule has 2 aliphatic carbocycles. The second-order valence-corrected chi connectivity index (χ2v) is 8.33. The van der Waals surface area contributed by atoms with Crippen LogP contribution in [0.3, 0.4) is 0 Å². The van der Waals surface area contributed by atoms with Crippen molar-refractivity contribution in [1.82, 2.24) is 0 Å². The minimum absolute atomic E-state index is 0.552. The first-order chi connectivity index (χ1) is 11.7. The molecule has 1 unspecified atom stereocenters. The van der Waals surface area contributed by atoms with Crippen molar-refractivity contribution in [2.45, 2.75) is 97.3 Å². The summed E-state index contributed by atoms with van der Waals surface area (Å²) >= 11 is 0. The minimum Gasteiger partial charge on any atom is -0.0764 e. The van der Waals surface area contributed by atoms with Crippen LogP contribution in [0, 0.1) is 5.41 Å². The summed E-state index contributed by atoms with van der Waals surface area (Å²) in [7, 11) is 0. The Kier molecular flexibility index (Phi) is 5.85. The van der Waals surface area contributed by atoms with E-state index in [1.165, 1.54) is 76.2 Å². The lowest BCUT2D eigenvalue weighted by Crippen LogP contribution is -2.18. The van der Waals surface area contributed by atoms with E-state index in [0.29, 0.717) is 11.3 Å². The van der Waals surface area contributed by atoms with Crippen LogP contribution in [0.5, 0.6) is 0 Å². The van der Waals surface area contributed by atoms with E-state index in [1.54, 1.807) is 16.7 Å². The number of rotatable bonds is 9. The van der Waals surface area contributed by atoms with Gasteiger partial charge >= 0.3 is 0 Å². The molecule has 132 valence electrons. The van der Waals surface area contributed by atoms with Crippen molar-refractivity contribution in [1.29, 1.82) is 0 Å². The first-order valence-electron chi connectivity index (χ1n) is 10.5. The van der Waals surface area contributed by atoms with Crippen LogP contribution in [0.15, 0.2) is 18.2 Å². The maximum atomic E-state index is 2.58. The topological polar surface area (TPSA) is 0 Å². The molecule has 2 aliphatic rings. The van der Waals surface area contributed by atoms with Crippen LogP contribution < -0.4 is 0 Å². The van der Waals surface area contributed by atoms with E-state index in [9.17, 15) is 0 Å². The molecule has 0 fully saturated rings. The number of unbranched alkanes of at least 4 members (excludes halogenated alkanes) is 5. The summed E-state index contributed by atoms with van der Waals surface area (Å²) in [6.45, 7) is 7.05. The van der Waals surface area contributed by atoms with Gasteiger partial charge in [-0.1, -0.05) is 83.6 Å². The molecule has 0 saturated heterocycles. The normalized spacial score (nSPS) is 20.4. The minimum atomic E-state index is 0.552. The van der Waals surface area contributed by atoms with Crippen molar-refractivity contribution in [2.24, 2.45) is 5.41 Å². The zero-order chi connectivity index (χ0) is 17.0. The van der Waals surface area contributed by atoms with Gasteiger partial charge in [0.25, 0.3) is 0 Å². The number of hydrogen-bond donors (Lipinski definition) is 0. The summed E-state index contributed by atoms with van der Waals surface area (Å²) in [6, 6.07) is 5.11. The Labute approximate surface area is 149 Å². The van der Waals surface area contributed by atoms with E-state index in [4.69, 9.17) is 0 Å². The second kappa shape index (κ2) is 7.89. The summed E-state index contributed by atoms with van der Waals surface area (Å²) in [5, 5.41) is 0. The lowest BCUT2D eigenvalue weighted by molar-refractivity contribution is 0.280. The molecule has 0 nitrogen and oxygen atoms in total. The third kappa shape index (κ3) is 3.63. The quantitative estimate of drug-likeness (QED) is 0.414. The first kappa shape index (κ1) is 17.8. The highest BCUT2D eigenvalue weighted by Gasteiger charge is 2.35. The third-order valence-corrected chi connectivity index (χ3v) is 6.81. The number of allylic oxidation sites excluding steroid dienone is 1. The zero-order valence-corrected chi connectivity index (χ0v) is 16.2. The van der Waals surface area contributed by atoms with Crippen molar-refractivity contribution in [2.75, 3.05) is 0 Å². The fraction of sp³-hybridized carbons (Fsp3) is 0.667. The fourth-order valence-electron chi connectivity index (χ4n) is 4.86. The lowest BCUT2D eigenvalue weighted by atomic mass is 9.80. The summed E-state index contributed by atoms with van der Waals surface area (Å²) in [5.74, 6) is 0.690. The fourth-order valence-corrected chi connectivity index (χ4v) is 4.86. The largest absolute Gasteiger partial charge is 0.0764 e. The molecule has 1 aromatic rings. The van der Waals surface area contributed by atoms with Gasteiger partial charge < -0.3 is 0 Å². The molecule has 1 atom stereocenters. The maximum absolute atomic E-state index is 2.58. The maximum Gasteiger partial charge on any atom is 0.00273 e. The highest BCUT2D eigenvalue weighted by Crippen LogP contribution is 2.45. The molecule has 0 heterocycles.